The number of rotatable bonds is 6. The third-order valence-corrected chi connectivity index (χ3v) is 4.96. The van der Waals surface area contributed by atoms with Gasteiger partial charge in [-0.1, -0.05) is 23.5 Å². The maximum atomic E-state index is 5.36. The van der Waals surface area contributed by atoms with Gasteiger partial charge in [-0.2, -0.15) is 9.61 Å². The molecule has 0 spiro atoms. The van der Waals surface area contributed by atoms with E-state index < -0.39 is 0 Å². The van der Waals surface area contributed by atoms with Gasteiger partial charge in [0.25, 0.3) is 0 Å². The topological polar surface area (TPSA) is 74.4 Å². The number of nitrogens with zero attached hydrogens (tertiary/aromatic N) is 5. The second-order valence-corrected chi connectivity index (χ2v) is 6.66. The molecule has 4 rings (SSSR count). The largest absolute Gasteiger partial charge is 0.493 e. The van der Waals surface area contributed by atoms with Crippen molar-refractivity contribution in [2.24, 2.45) is 0 Å². The average Bonchev–Trinajstić information content (AvgIpc) is 3.27. The van der Waals surface area contributed by atoms with E-state index >= 15 is 0 Å². The van der Waals surface area contributed by atoms with E-state index in [1.807, 2.05) is 36.4 Å². The van der Waals surface area contributed by atoms with E-state index in [1.54, 1.807) is 36.3 Å². The highest BCUT2D eigenvalue weighted by Crippen LogP contribution is 2.28. The van der Waals surface area contributed by atoms with Gasteiger partial charge in [-0.25, -0.2) is 0 Å². The molecule has 0 amide bonds. The van der Waals surface area contributed by atoms with E-state index in [0.717, 1.165) is 40.0 Å². The molecule has 26 heavy (non-hydrogen) atoms. The van der Waals surface area contributed by atoms with E-state index in [1.165, 1.54) is 5.56 Å². The standard InChI is InChI=1S/C18H17N5O2S/c1-24-14-8-6-12(11-15(14)25-2)7-9-16-22-23-17(20-21-18(23)26-16)13-5-3-4-10-19-13/h3-6,8,10-11H,7,9H2,1-2H3. The summed E-state index contributed by atoms with van der Waals surface area (Å²) in [7, 11) is 3.28. The Bertz CT molecular complexity index is 1030. The molecular weight excluding hydrogens is 350 g/mol. The van der Waals surface area contributed by atoms with Crippen molar-refractivity contribution < 1.29 is 9.47 Å². The maximum Gasteiger partial charge on any atom is 0.235 e. The summed E-state index contributed by atoms with van der Waals surface area (Å²) in [6.07, 6.45) is 3.40. The lowest BCUT2D eigenvalue weighted by Crippen LogP contribution is -1.97. The summed E-state index contributed by atoms with van der Waals surface area (Å²) in [5.41, 5.74) is 1.93. The molecule has 0 fully saturated rings. The van der Waals surface area contributed by atoms with Crippen LogP contribution in [0.2, 0.25) is 0 Å². The Hall–Kier alpha value is -3.00. The van der Waals surface area contributed by atoms with E-state index in [-0.39, 0.29) is 0 Å². The highest BCUT2D eigenvalue weighted by molar-refractivity contribution is 7.16. The van der Waals surface area contributed by atoms with Crippen molar-refractivity contribution in [2.45, 2.75) is 12.8 Å². The first kappa shape index (κ1) is 16.5. The number of benzene rings is 1. The number of pyridine rings is 1. The summed E-state index contributed by atoms with van der Waals surface area (Å²) in [6.45, 7) is 0. The van der Waals surface area contributed by atoms with Gasteiger partial charge >= 0.3 is 0 Å². The monoisotopic (exact) mass is 367 g/mol. The van der Waals surface area contributed by atoms with Gasteiger partial charge in [0.1, 0.15) is 10.7 Å². The van der Waals surface area contributed by atoms with Crippen molar-refractivity contribution in [3.05, 3.63) is 53.2 Å². The zero-order chi connectivity index (χ0) is 17.9. The molecule has 0 saturated heterocycles. The summed E-state index contributed by atoms with van der Waals surface area (Å²) < 4.78 is 12.4. The normalized spacial score (nSPS) is 11.0. The smallest absolute Gasteiger partial charge is 0.235 e. The molecule has 0 aliphatic heterocycles. The Kier molecular flexibility index (Phi) is 4.49. The maximum absolute atomic E-state index is 5.36. The number of hydrogen-bond acceptors (Lipinski definition) is 7. The van der Waals surface area contributed by atoms with Crippen LogP contribution in [-0.4, -0.2) is 39.0 Å². The van der Waals surface area contributed by atoms with Crippen LogP contribution >= 0.6 is 11.3 Å². The summed E-state index contributed by atoms with van der Waals surface area (Å²) in [4.78, 5) is 5.10. The fraction of sp³-hybridized carbons (Fsp3) is 0.222. The molecule has 1 aromatic carbocycles. The van der Waals surface area contributed by atoms with Crippen LogP contribution in [0.15, 0.2) is 42.6 Å². The quantitative estimate of drug-likeness (QED) is 0.521. The molecule has 0 saturated carbocycles. The van der Waals surface area contributed by atoms with Crippen LogP contribution in [0.1, 0.15) is 10.6 Å². The van der Waals surface area contributed by atoms with Gasteiger partial charge in [0.15, 0.2) is 11.5 Å². The van der Waals surface area contributed by atoms with Crippen molar-refractivity contribution in [3.8, 4) is 23.0 Å². The molecule has 3 aromatic heterocycles. The number of ether oxygens (including phenoxy) is 2. The van der Waals surface area contributed by atoms with Crippen LogP contribution in [0.4, 0.5) is 0 Å². The van der Waals surface area contributed by atoms with Gasteiger partial charge in [0.2, 0.25) is 10.8 Å². The fourth-order valence-electron chi connectivity index (χ4n) is 2.70. The highest BCUT2D eigenvalue weighted by Gasteiger charge is 2.14. The SMILES string of the molecule is COc1ccc(CCc2nn3c(-c4ccccn4)nnc3s2)cc1OC. The number of fused-ring (bicyclic) bond motifs is 1. The fourth-order valence-corrected chi connectivity index (χ4v) is 3.53. The minimum absolute atomic E-state index is 0.661. The first-order valence-electron chi connectivity index (χ1n) is 8.12. The Labute approximate surface area is 154 Å². The number of methoxy groups -OCH3 is 2. The summed E-state index contributed by atoms with van der Waals surface area (Å²) in [5.74, 6) is 2.13. The van der Waals surface area contributed by atoms with Crippen LogP contribution < -0.4 is 9.47 Å². The molecule has 4 aromatic rings. The van der Waals surface area contributed by atoms with Crippen LogP contribution in [0, 0.1) is 0 Å². The molecule has 132 valence electrons. The predicted molar refractivity (Wildman–Crippen MR) is 98.8 cm³/mol. The lowest BCUT2D eigenvalue weighted by molar-refractivity contribution is 0.354. The molecular formula is C18H17N5O2S. The minimum atomic E-state index is 0.661. The Morgan fingerprint density at radius 2 is 1.88 bits per heavy atom. The van der Waals surface area contributed by atoms with Gasteiger partial charge in [-0.3, -0.25) is 4.98 Å². The third kappa shape index (κ3) is 3.11. The number of hydrogen-bond donors (Lipinski definition) is 0. The highest BCUT2D eigenvalue weighted by atomic mass is 32.1. The van der Waals surface area contributed by atoms with Gasteiger partial charge in [-0.05, 0) is 36.2 Å². The molecule has 0 aliphatic carbocycles. The second-order valence-electron chi connectivity index (χ2n) is 5.62. The summed E-state index contributed by atoms with van der Waals surface area (Å²) >= 11 is 1.54. The van der Waals surface area contributed by atoms with Crippen molar-refractivity contribution in [1.29, 1.82) is 0 Å². The van der Waals surface area contributed by atoms with Crippen molar-refractivity contribution >= 4 is 16.3 Å². The Morgan fingerprint density at radius 1 is 1.00 bits per heavy atom. The number of aryl methyl sites for hydroxylation is 2. The lowest BCUT2D eigenvalue weighted by Gasteiger charge is -2.09. The molecule has 8 heteroatoms. The molecule has 0 aliphatic rings. The van der Waals surface area contributed by atoms with Crippen LogP contribution in [0.3, 0.4) is 0 Å². The van der Waals surface area contributed by atoms with Crippen molar-refractivity contribution in [3.63, 3.8) is 0 Å². The predicted octanol–water partition coefficient (Wildman–Crippen LogP) is 3.05. The summed E-state index contributed by atoms with van der Waals surface area (Å²) in [6, 6.07) is 11.7. The molecule has 0 bridgehead atoms. The van der Waals surface area contributed by atoms with Crippen molar-refractivity contribution in [1.82, 2.24) is 24.8 Å². The van der Waals surface area contributed by atoms with Crippen LogP contribution in [0.5, 0.6) is 11.5 Å². The van der Waals surface area contributed by atoms with Gasteiger partial charge < -0.3 is 9.47 Å². The first-order valence-corrected chi connectivity index (χ1v) is 8.93. The van der Waals surface area contributed by atoms with E-state index in [9.17, 15) is 0 Å². The van der Waals surface area contributed by atoms with E-state index in [0.29, 0.717) is 5.82 Å². The Balaban J connectivity index is 1.54. The Morgan fingerprint density at radius 3 is 2.65 bits per heavy atom. The molecule has 0 atom stereocenters. The van der Waals surface area contributed by atoms with Crippen LogP contribution in [0.25, 0.3) is 16.5 Å². The molecule has 0 unspecified atom stereocenters. The molecule has 0 radical (unpaired) electrons. The molecule has 0 N–H and O–H groups in total. The lowest BCUT2D eigenvalue weighted by atomic mass is 10.1. The summed E-state index contributed by atoms with van der Waals surface area (Å²) in [5, 5.41) is 14.1. The molecule has 7 nitrogen and oxygen atoms in total. The molecule has 3 heterocycles. The van der Waals surface area contributed by atoms with Gasteiger partial charge in [0.05, 0.1) is 14.2 Å². The van der Waals surface area contributed by atoms with Gasteiger partial charge in [-0.15, -0.1) is 10.2 Å². The van der Waals surface area contributed by atoms with Crippen molar-refractivity contribution in [2.75, 3.05) is 14.2 Å². The van der Waals surface area contributed by atoms with Crippen LogP contribution in [-0.2, 0) is 12.8 Å². The van der Waals surface area contributed by atoms with E-state index in [2.05, 4.69) is 20.3 Å². The third-order valence-electron chi connectivity index (χ3n) is 4.00. The van der Waals surface area contributed by atoms with Gasteiger partial charge in [0, 0.05) is 12.6 Å². The number of aromatic nitrogens is 5. The van der Waals surface area contributed by atoms with E-state index in [4.69, 9.17) is 9.47 Å². The zero-order valence-corrected chi connectivity index (χ0v) is 15.2. The minimum Gasteiger partial charge on any atom is -0.493 e. The zero-order valence-electron chi connectivity index (χ0n) is 14.4. The second kappa shape index (κ2) is 7.09. The average molecular weight is 367 g/mol. The first-order chi connectivity index (χ1) is 12.8.